The van der Waals surface area contributed by atoms with Crippen LogP contribution in [0.5, 0.6) is 0 Å². The molecule has 128 valence electrons. The first-order valence-corrected chi connectivity index (χ1v) is 9.67. The first-order valence-electron chi connectivity index (χ1n) is 7.91. The van der Waals surface area contributed by atoms with Gasteiger partial charge in [0.1, 0.15) is 10.7 Å². The fourth-order valence-corrected chi connectivity index (χ4v) is 5.03. The minimum atomic E-state index is -0.477. The van der Waals surface area contributed by atoms with E-state index in [0.29, 0.717) is 22.2 Å². The van der Waals surface area contributed by atoms with Crippen molar-refractivity contribution < 1.29 is 9.59 Å². The maximum absolute atomic E-state index is 12.3. The molecule has 0 spiro atoms. The molecule has 3 rings (SSSR count). The van der Waals surface area contributed by atoms with Crippen LogP contribution in [0.3, 0.4) is 0 Å². The summed E-state index contributed by atoms with van der Waals surface area (Å²) in [6.45, 7) is 6.74. The van der Waals surface area contributed by atoms with Crippen molar-refractivity contribution >= 4 is 39.5 Å². The van der Waals surface area contributed by atoms with E-state index in [1.54, 1.807) is 10.9 Å². The Morgan fingerprint density at radius 3 is 2.71 bits per heavy atom. The number of amides is 2. The molecule has 3 N–H and O–H groups in total. The lowest BCUT2D eigenvalue weighted by Gasteiger charge is -2.33. The summed E-state index contributed by atoms with van der Waals surface area (Å²) >= 11 is 2.84. The van der Waals surface area contributed by atoms with Crippen molar-refractivity contribution in [1.82, 2.24) is 4.98 Å². The number of carbonyl (C=O) groups excluding carboxylic acids is 2. The molecule has 1 unspecified atom stereocenters. The van der Waals surface area contributed by atoms with Crippen LogP contribution in [-0.4, -0.2) is 16.8 Å². The summed E-state index contributed by atoms with van der Waals surface area (Å²) in [5.41, 5.74) is 9.28. The van der Waals surface area contributed by atoms with E-state index in [1.807, 2.05) is 0 Å². The number of nitrogens with zero attached hydrogens (tertiary/aromatic N) is 1. The Balaban J connectivity index is 1.92. The number of anilines is 1. The summed E-state index contributed by atoms with van der Waals surface area (Å²) in [6, 6.07) is 0. The van der Waals surface area contributed by atoms with Crippen molar-refractivity contribution in [1.29, 1.82) is 0 Å². The number of hydrogen-bond donors (Lipinski definition) is 2. The zero-order valence-corrected chi connectivity index (χ0v) is 15.6. The van der Waals surface area contributed by atoms with Crippen LogP contribution in [0.2, 0.25) is 0 Å². The highest BCUT2D eigenvalue weighted by Gasteiger charge is 2.33. The minimum absolute atomic E-state index is 0.221. The number of aromatic nitrogens is 1. The Morgan fingerprint density at radius 2 is 2.12 bits per heavy atom. The number of nitrogens with two attached hydrogens (primary N) is 1. The van der Waals surface area contributed by atoms with E-state index in [4.69, 9.17) is 5.73 Å². The normalized spacial score (nSPS) is 17.4. The summed E-state index contributed by atoms with van der Waals surface area (Å²) in [5.74, 6) is -0.216. The van der Waals surface area contributed by atoms with E-state index in [2.05, 4.69) is 31.1 Å². The SMILES string of the molecule is CC(C)(C)C1CCc2c(sc(NC(=O)c3cscn3)c2C(N)=O)C1. The van der Waals surface area contributed by atoms with Crippen molar-refractivity contribution in [3.8, 4) is 0 Å². The molecule has 0 saturated carbocycles. The van der Waals surface area contributed by atoms with Gasteiger partial charge in [-0.25, -0.2) is 4.98 Å². The van der Waals surface area contributed by atoms with Gasteiger partial charge in [-0.05, 0) is 36.2 Å². The largest absolute Gasteiger partial charge is 0.365 e. The van der Waals surface area contributed by atoms with Crippen LogP contribution in [0.1, 0.15) is 58.5 Å². The van der Waals surface area contributed by atoms with E-state index in [0.717, 1.165) is 24.8 Å². The topological polar surface area (TPSA) is 85.1 Å². The second-order valence-corrected chi connectivity index (χ2v) is 9.03. The number of fused-ring (bicyclic) bond motifs is 1. The zero-order chi connectivity index (χ0) is 17.5. The maximum atomic E-state index is 12.3. The van der Waals surface area contributed by atoms with Gasteiger partial charge in [-0.1, -0.05) is 20.8 Å². The van der Waals surface area contributed by atoms with Crippen molar-refractivity contribution in [2.24, 2.45) is 17.1 Å². The van der Waals surface area contributed by atoms with E-state index < -0.39 is 5.91 Å². The fourth-order valence-electron chi connectivity index (χ4n) is 3.17. The van der Waals surface area contributed by atoms with Gasteiger partial charge in [0.15, 0.2) is 0 Å². The molecule has 0 fully saturated rings. The van der Waals surface area contributed by atoms with Crippen molar-refractivity contribution in [2.75, 3.05) is 5.32 Å². The highest BCUT2D eigenvalue weighted by molar-refractivity contribution is 7.17. The number of thiazole rings is 1. The summed E-state index contributed by atoms with van der Waals surface area (Å²) in [5, 5.41) is 5.07. The van der Waals surface area contributed by atoms with Crippen LogP contribution >= 0.6 is 22.7 Å². The molecule has 1 atom stereocenters. The van der Waals surface area contributed by atoms with E-state index >= 15 is 0 Å². The number of carbonyl (C=O) groups is 2. The Kier molecular flexibility index (Phi) is 4.48. The van der Waals surface area contributed by atoms with Crippen LogP contribution in [0.15, 0.2) is 10.9 Å². The summed E-state index contributed by atoms with van der Waals surface area (Å²) in [7, 11) is 0. The lowest BCUT2D eigenvalue weighted by atomic mass is 9.72. The molecule has 24 heavy (non-hydrogen) atoms. The predicted octanol–water partition coefficient (Wildman–Crippen LogP) is 3.71. The summed E-state index contributed by atoms with van der Waals surface area (Å²) in [6.07, 6.45) is 2.79. The average molecular weight is 364 g/mol. The van der Waals surface area contributed by atoms with Gasteiger partial charge in [0.2, 0.25) is 0 Å². The fraction of sp³-hybridized carbons (Fsp3) is 0.471. The van der Waals surface area contributed by atoms with E-state index in [9.17, 15) is 9.59 Å². The van der Waals surface area contributed by atoms with Gasteiger partial charge in [-0.3, -0.25) is 9.59 Å². The molecule has 2 heterocycles. The van der Waals surface area contributed by atoms with Crippen LogP contribution in [0.25, 0.3) is 0 Å². The molecule has 1 aliphatic carbocycles. The average Bonchev–Trinajstić information content (AvgIpc) is 3.12. The zero-order valence-electron chi connectivity index (χ0n) is 14.0. The van der Waals surface area contributed by atoms with Gasteiger partial charge >= 0.3 is 0 Å². The van der Waals surface area contributed by atoms with Crippen LogP contribution in [0, 0.1) is 11.3 Å². The molecule has 0 aliphatic heterocycles. The first kappa shape index (κ1) is 17.1. The molecule has 0 radical (unpaired) electrons. The molecule has 0 saturated heterocycles. The molecule has 2 amide bonds. The molecule has 1 aliphatic rings. The molecule has 0 aromatic carbocycles. The third-order valence-corrected chi connectivity index (χ3v) is 6.38. The Labute approximate surface area is 149 Å². The number of nitrogens with one attached hydrogen (secondary N) is 1. The molecule has 2 aromatic rings. The quantitative estimate of drug-likeness (QED) is 0.872. The van der Waals surface area contributed by atoms with Crippen molar-refractivity contribution in [3.05, 3.63) is 32.6 Å². The number of hydrogen-bond acceptors (Lipinski definition) is 5. The van der Waals surface area contributed by atoms with Crippen LogP contribution < -0.4 is 11.1 Å². The third-order valence-electron chi connectivity index (χ3n) is 4.63. The van der Waals surface area contributed by atoms with Gasteiger partial charge in [-0.15, -0.1) is 22.7 Å². The highest BCUT2D eigenvalue weighted by Crippen LogP contribution is 2.44. The second-order valence-electron chi connectivity index (χ2n) is 7.21. The van der Waals surface area contributed by atoms with E-state index in [-0.39, 0.29) is 11.3 Å². The minimum Gasteiger partial charge on any atom is -0.365 e. The number of thiophene rings is 1. The predicted molar refractivity (Wildman–Crippen MR) is 97.9 cm³/mol. The molecule has 2 aromatic heterocycles. The van der Waals surface area contributed by atoms with Crippen LogP contribution in [0.4, 0.5) is 5.00 Å². The van der Waals surface area contributed by atoms with Crippen molar-refractivity contribution in [3.63, 3.8) is 0 Å². The van der Waals surface area contributed by atoms with Crippen molar-refractivity contribution in [2.45, 2.75) is 40.0 Å². The molecule has 0 bridgehead atoms. The highest BCUT2D eigenvalue weighted by atomic mass is 32.1. The second kappa shape index (κ2) is 6.29. The molecular formula is C17H21N3O2S2. The Hall–Kier alpha value is -1.73. The maximum Gasteiger partial charge on any atom is 0.275 e. The summed E-state index contributed by atoms with van der Waals surface area (Å²) in [4.78, 5) is 29.4. The standard InChI is InChI=1S/C17H21N3O2S2/c1-17(2,3)9-4-5-10-12(6-9)24-16(13(10)14(18)21)20-15(22)11-7-23-8-19-11/h7-9H,4-6H2,1-3H3,(H2,18,21)(H,20,22). The first-order chi connectivity index (χ1) is 11.3. The Bertz CT molecular complexity index is 773. The molecule has 5 nitrogen and oxygen atoms in total. The van der Waals surface area contributed by atoms with Gasteiger partial charge in [0.25, 0.3) is 11.8 Å². The van der Waals surface area contributed by atoms with E-state index in [1.165, 1.54) is 27.6 Å². The number of primary amides is 1. The van der Waals surface area contributed by atoms with Gasteiger partial charge in [0, 0.05) is 10.3 Å². The Morgan fingerprint density at radius 1 is 1.38 bits per heavy atom. The summed E-state index contributed by atoms with van der Waals surface area (Å²) < 4.78 is 0. The molecular weight excluding hydrogens is 342 g/mol. The van der Waals surface area contributed by atoms with Crippen LogP contribution in [-0.2, 0) is 12.8 Å². The lowest BCUT2D eigenvalue weighted by molar-refractivity contribution is 0.1000. The molecule has 7 heteroatoms. The smallest absolute Gasteiger partial charge is 0.275 e. The van der Waals surface area contributed by atoms with Gasteiger partial charge in [-0.2, -0.15) is 0 Å². The van der Waals surface area contributed by atoms with Gasteiger partial charge in [0.05, 0.1) is 11.1 Å². The number of rotatable bonds is 3. The monoisotopic (exact) mass is 363 g/mol. The van der Waals surface area contributed by atoms with Gasteiger partial charge < -0.3 is 11.1 Å². The lowest BCUT2D eigenvalue weighted by Crippen LogP contribution is -2.27. The third kappa shape index (κ3) is 3.23.